The number of rotatable bonds is 3. The molecule has 2 amide bonds. The molecular weight excluding hydrogens is 354 g/mol. The maximum Gasteiger partial charge on any atom is 0.253 e. The van der Waals surface area contributed by atoms with Gasteiger partial charge >= 0.3 is 0 Å². The molecule has 2 aromatic heterocycles. The van der Waals surface area contributed by atoms with Crippen LogP contribution >= 0.6 is 11.6 Å². The number of aryl methyl sites for hydroxylation is 1. The molecule has 1 atom stereocenters. The molecule has 3 heterocycles. The number of nitrogens with zero attached hydrogens (tertiary/aromatic N) is 4. The minimum atomic E-state index is -0.257. The van der Waals surface area contributed by atoms with Gasteiger partial charge in [-0.2, -0.15) is 5.10 Å². The van der Waals surface area contributed by atoms with Gasteiger partial charge in [-0.1, -0.05) is 11.6 Å². The first kappa shape index (κ1) is 16.5. The smallest absolute Gasteiger partial charge is 0.253 e. The molecule has 26 heavy (non-hydrogen) atoms. The number of halogens is 1. The molecule has 1 aliphatic heterocycles. The lowest BCUT2D eigenvalue weighted by Gasteiger charge is -2.17. The molecule has 1 fully saturated rings. The quantitative estimate of drug-likeness (QED) is 0.767. The number of carbonyl (C=O) groups is 2. The van der Waals surface area contributed by atoms with Crippen molar-refractivity contribution in [2.75, 3.05) is 11.4 Å². The molecule has 0 saturated carbocycles. The Morgan fingerprint density at radius 3 is 2.81 bits per heavy atom. The van der Waals surface area contributed by atoms with E-state index < -0.39 is 0 Å². The van der Waals surface area contributed by atoms with Crippen molar-refractivity contribution >= 4 is 40.1 Å². The van der Waals surface area contributed by atoms with Crippen LogP contribution in [0.4, 0.5) is 5.69 Å². The van der Waals surface area contributed by atoms with E-state index in [-0.39, 0.29) is 24.3 Å². The van der Waals surface area contributed by atoms with Crippen molar-refractivity contribution < 1.29 is 9.59 Å². The minimum Gasteiger partial charge on any atom is -0.347 e. The summed E-state index contributed by atoms with van der Waals surface area (Å²) in [5.41, 5.74) is 2.73. The van der Waals surface area contributed by atoms with Gasteiger partial charge in [0.1, 0.15) is 5.52 Å². The van der Waals surface area contributed by atoms with Crippen LogP contribution in [-0.2, 0) is 11.8 Å². The Hall–Kier alpha value is -2.93. The Balaban J connectivity index is 1.48. The summed E-state index contributed by atoms with van der Waals surface area (Å²) in [6.07, 6.45) is 3.43. The Morgan fingerprint density at radius 1 is 1.27 bits per heavy atom. The maximum absolute atomic E-state index is 12.5. The van der Waals surface area contributed by atoms with Crippen molar-refractivity contribution in [3.05, 3.63) is 53.3 Å². The molecular formula is C18H16ClN5O2. The van der Waals surface area contributed by atoms with E-state index in [1.54, 1.807) is 53.2 Å². The average molecular weight is 370 g/mol. The zero-order valence-electron chi connectivity index (χ0n) is 14.0. The highest BCUT2D eigenvalue weighted by Crippen LogP contribution is 2.23. The summed E-state index contributed by atoms with van der Waals surface area (Å²) in [6.45, 7) is 0.424. The van der Waals surface area contributed by atoms with Crippen molar-refractivity contribution in [3.63, 3.8) is 0 Å². The second kappa shape index (κ2) is 6.42. The van der Waals surface area contributed by atoms with E-state index in [0.717, 1.165) is 16.7 Å². The molecule has 1 aromatic carbocycles. The van der Waals surface area contributed by atoms with E-state index in [1.807, 2.05) is 0 Å². The number of fused-ring (bicyclic) bond motifs is 1. The van der Waals surface area contributed by atoms with Gasteiger partial charge in [-0.25, -0.2) is 0 Å². The monoisotopic (exact) mass is 369 g/mol. The highest BCUT2D eigenvalue weighted by Gasteiger charge is 2.31. The van der Waals surface area contributed by atoms with Gasteiger partial charge < -0.3 is 10.2 Å². The van der Waals surface area contributed by atoms with Crippen LogP contribution in [0.1, 0.15) is 16.8 Å². The van der Waals surface area contributed by atoms with E-state index in [9.17, 15) is 9.59 Å². The fraction of sp³-hybridized carbons (Fsp3) is 0.222. The standard InChI is InChI=1S/C18H16ClN5O2/c1-23-16-6-11(8-20-15(16)9-21-23)18(26)22-13-7-17(25)24(10-13)14-4-2-12(19)3-5-14/h2-6,8-9,13H,7,10H2,1H3,(H,22,26). The third-order valence-electron chi connectivity index (χ3n) is 4.46. The summed E-state index contributed by atoms with van der Waals surface area (Å²) in [4.78, 5) is 30.7. The maximum atomic E-state index is 12.5. The second-order valence-electron chi connectivity index (χ2n) is 6.25. The molecule has 3 aromatic rings. The van der Waals surface area contributed by atoms with Gasteiger partial charge in [-0.15, -0.1) is 0 Å². The van der Waals surface area contributed by atoms with Gasteiger partial charge in [0.05, 0.1) is 23.3 Å². The number of anilines is 1. The Labute approximate surface area is 154 Å². The minimum absolute atomic E-state index is 0.0298. The lowest BCUT2D eigenvalue weighted by molar-refractivity contribution is -0.117. The molecule has 7 nitrogen and oxygen atoms in total. The first-order chi connectivity index (χ1) is 12.5. The fourth-order valence-electron chi connectivity index (χ4n) is 3.09. The van der Waals surface area contributed by atoms with E-state index in [1.165, 1.54) is 6.20 Å². The van der Waals surface area contributed by atoms with E-state index >= 15 is 0 Å². The van der Waals surface area contributed by atoms with Crippen molar-refractivity contribution in [2.24, 2.45) is 7.05 Å². The molecule has 0 aliphatic carbocycles. The van der Waals surface area contributed by atoms with Crippen molar-refractivity contribution in [2.45, 2.75) is 12.5 Å². The number of carbonyl (C=O) groups excluding carboxylic acids is 2. The number of benzene rings is 1. The van der Waals surface area contributed by atoms with E-state index in [2.05, 4.69) is 15.4 Å². The summed E-state index contributed by atoms with van der Waals surface area (Å²) in [6, 6.07) is 8.57. The van der Waals surface area contributed by atoms with Crippen molar-refractivity contribution in [3.8, 4) is 0 Å². The van der Waals surface area contributed by atoms with E-state index in [4.69, 9.17) is 11.6 Å². The van der Waals surface area contributed by atoms with Gasteiger partial charge in [-0.05, 0) is 30.3 Å². The van der Waals surface area contributed by atoms with Crippen LogP contribution in [-0.4, -0.2) is 39.2 Å². The lowest BCUT2D eigenvalue weighted by atomic mass is 10.2. The predicted molar refractivity (Wildman–Crippen MR) is 98.2 cm³/mol. The topological polar surface area (TPSA) is 80.1 Å². The van der Waals surface area contributed by atoms with Crippen LogP contribution in [0.3, 0.4) is 0 Å². The summed E-state index contributed by atoms with van der Waals surface area (Å²) in [5.74, 6) is -0.283. The lowest BCUT2D eigenvalue weighted by Crippen LogP contribution is -2.37. The first-order valence-electron chi connectivity index (χ1n) is 8.16. The molecule has 1 unspecified atom stereocenters. The number of nitrogens with one attached hydrogen (secondary N) is 1. The SMILES string of the molecule is Cn1ncc2ncc(C(=O)NC3CC(=O)N(c4ccc(Cl)cc4)C3)cc21. The Bertz CT molecular complexity index is 998. The van der Waals surface area contributed by atoms with Gasteiger partial charge in [0, 0.05) is 36.9 Å². The highest BCUT2D eigenvalue weighted by molar-refractivity contribution is 6.30. The molecule has 1 aliphatic rings. The van der Waals surface area contributed by atoms with Crippen molar-refractivity contribution in [1.29, 1.82) is 0 Å². The Kier molecular flexibility index (Phi) is 4.08. The van der Waals surface area contributed by atoms with Crippen LogP contribution in [0.25, 0.3) is 11.0 Å². The van der Waals surface area contributed by atoms with Crippen LogP contribution in [0.2, 0.25) is 5.02 Å². The number of aromatic nitrogens is 3. The number of hydrogen-bond acceptors (Lipinski definition) is 4. The molecule has 1 N–H and O–H groups in total. The van der Waals surface area contributed by atoms with Crippen molar-refractivity contribution in [1.82, 2.24) is 20.1 Å². The van der Waals surface area contributed by atoms with Gasteiger partial charge in [-0.3, -0.25) is 19.3 Å². The molecule has 0 bridgehead atoms. The molecule has 0 radical (unpaired) electrons. The van der Waals surface area contributed by atoms with Gasteiger partial charge in [0.25, 0.3) is 5.91 Å². The number of pyridine rings is 1. The van der Waals surface area contributed by atoms with Crippen LogP contribution in [0.15, 0.2) is 42.7 Å². The fourth-order valence-corrected chi connectivity index (χ4v) is 3.22. The summed E-state index contributed by atoms with van der Waals surface area (Å²) < 4.78 is 1.67. The summed E-state index contributed by atoms with van der Waals surface area (Å²) >= 11 is 5.89. The second-order valence-corrected chi connectivity index (χ2v) is 6.69. The zero-order valence-corrected chi connectivity index (χ0v) is 14.8. The first-order valence-corrected chi connectivity index (χ1v) is 8.53. The molecule has 1 saturated heterocycles. The zero-order chi connectivity index (χ0) is 18.3. The van der Waals surface area contributed by atoms with Crippen LogP contribution in [0.5, 0.6) is 0 Å². The third-order valence-corrected chi connectivity index (χ3v) is 4.71. The summed E-state index contributed by atoms with van der Waals surface area (Å²) in [5, 5.41) is 7.65. The molecule has 4 rings (SSSR count). The normalized spacial score (nSPS) is 17.1. The summed E-state index contributed by atoms with van der Waals surface area (Å²) in [7, 11) is 1.80. The highest BCUT2D eigenvalue weighted by atomic mass is 35.5. The van der Waals surface area contributed by atoms with Crippen LogP contribution in [0, 0.1) is 0 Å². The number of hydrogen-bond donors (Lipinski definition) is 1. The molecule has 0 spiro atoms. The van der Waals surface area contributed by atoms with Gasteiger partial charge in [0.2, 0.25) is 5.91 Å². The van der Waals surface area contributed by atoms with Crippen LogP contribution < -0.4 is 10.2 Å². The molecule has 8 heteroatoms. The van der Waals surface area contributed by atoms with E-state index in [0.29, 0.717) is 17.1 Å². The Morgan fingerprint density at radius 2 is 2.04 bits per heavy atom. The molecule has 132 valence electrons. The number of amides is 2. The predicted octanol–water partition coefficient (Wildman–Crippen LogP) is 2.16. The average Bonchev–Trinajstić information content (AvgIpc) is 3.18. The third kappa shape index (κ3) is 3.01. The van der Waals surface area contributed by atoms with Gasteiger partial charge in [0.15, 0.2) is 0 Å². The largest absolute Gasteiger partial charge is 0.347 e.